The number of piperazine rings is 1. The molecule has 104 valence electrons. The second-order valence-corrected chi connectivity index (χ2v) is 4.51. The third-order valence-electron chi connectivity index (χ3n) is 3.03. The van der Waals surface area contributed by atoms with Crippen LogP contribution in [-0.4, -0.2) is 75.6 Å². The molecule has 2 aliphatic heterocycles. The minimum atomic E-state index is -1.22. The molecule has 2 aliphatic rings. The Hall–Kier alpha value is -2.16. The molecule has 2 atom stereocenters. The smallest absolute Gasteiger partial charge is 0.326 e. The van der Waals surface area contributed by atoms with Gasteiger partial charge in [-0.2, -0.15) is 0 Å². The monoisotopic (exact) mass is 271 g/mol. The summed E-state index contributed by atoms with van der Waals surface area (Å²) < 4.78 is 0. The molecule has 9 heteroatoms. The summed E-state index contributed by atoms with van der Waals surface area (Å²) in [5, 5.41) is 20.5. The minimum Gasteiger partial charge on any atom is -0.480 e. The van der Waals surface area contributed by atoms with Crippen LogP contribution in [0.5, 0.6) is 0 Å². The Kier molecular flexibility index (Phi) is 3.38. The van der Waals surface area contributed by atoms with Crippen molar-refractivity contribution in [3.63, 3.8) is 0 Å². The van der Waals surface area contributed by atoms with Crippen molar-refractivity contribution in [1.82, 2.24) is 15.1 Å². The maximum atomic E-state index is 12.1. The number of imide groups is 1. The molecule has 2 saturated heterocycles. The Bertz CT molecular complexity index is 435. The number of aliphatic hydroxyl groups excluding tert-OH is 1. The lowest BCUT2D eigenvalue weighted by Gasteiger charge is -2.31. The number of urea groups is 1. The van der Waals surface area contributed by atoms with Crippen molar-refractivity contribution in [1.29, 1.82) is 0 Å². The molecular formula is C10H13N3O6. The Morgan fingerprint density at radius 3 is 2.32 bits per heavy atom. The lowest BCUT2D eigenvalue weighted by atomic mass is 10.2. The summed E-state index contributed by atoms with van der Waals surface area (Å²) >= 11 is 0. The van der Waals surface area contributed by atoms with E-state index in [4.69, 9.17) is 5.11 Å². The van der Waals surface area contributed by atoms with Crippen LogP contribution in [0, 0.1) is 0 Å². The number of aliphatic carboxylic acids is 1. The number of hydrogen-bond donors (Lipinski definition) is 3. The van der Waals surface area contributed by atoms with Crippen LogP contribution in [0.25, 0.3) is 0 Å². The normalized spacial score (nSPS) is 27.4. The number of likely N-dealkylation sites (tertiary alicyclic amines) is 1. The first-order valence-electron chi connectivity index (χ1n) is 5.67. The van der Waals surface area contributed by atoms with E-state index in [2.05, 4.69) is 0 Å². The van der Waals surface area contributed by atoms with E-state index in [1.165, 1.54) is 0 Å². The highest BCUT2D eigenvalue weighted by molar-refractivity contribution is 6.02. The van der Waals surface area contributed by atoms with E-state index in [0.29, 0.717) is 0 Å². The first kappa shape index (κ1) is 13.3. The number of aliphatic hydroxyl groups is 1. The van der Waals surface area contributed by atoms with Crippen LogP contribution >= 0.6 is 0 Å². The fourth-order valence-corrected chi connectivity index (χ4v) is 2.21. The fourth-order valence-electron chi connectivity index (χ4n) is 2.21. The Morgan fingerprint density at radius 2 is 1.79 bits per heavy atom. The number of β-amino-alcohol motifs (C(OH)–C–C–N with tert-alkyl or cyclic N) is 1. The maximum Gasteiger partial charge on any atom is 0.326 e. The van der Waals surface area contributed by atoms with Crippen LogP contribution in [-0.2, 0) is 14.4 Å². The van der Waals surface area contributed by atoms with Crippen LogP contribution in [0.2, 0.25) is 0 Å². The van der Waals surface area contributed by atoms with Gasteiger partial charge in [0.1, 0.15) is 19.1 Å². The zero-order valence-corrected chi connectivity index (χ0v) is 9.90. The molecule has 0 radical (unpaired) electrons. The summed E-state index contributed by atoms with van der Waals surface area (Å²) in [6.45, 7) is -0.727. The Labute approximate surface area is 107 Å². The number of hydrogen-bond acceptors (Lipinski definition) is 5. The van der Waals surface area contributed by atoms with Crippen molar-refractivity contribution >= 4 is 23.8 Å². The number of nitrogens with zero attached hydrogens (tertiary/aromatic N) is 2. The van der Waals surface area contributed by atoms with Gasteiger partial charge in [0.05, 0.1) is 6.10 Å². The molecular weight excluding hydrogens is 258 g/mol. The zero-order valence-electron chi connectivity index (χ0n) is 9.90. The van der Waals surface area contributed by atoms with Crippen LogP contribution in [0.3, 0.4) is 0 Å². The van der Waals surface area contributed by atoms with Gasteiger partial charge < -0.3 is 20.0 Å². The molecule has 0 aromatic carbocycles. The molecule has 19 heavy (non-hydrogen) atoms. The Balaban J connectivity index is 2.12. The van der Waals surface area contributed by atoms with Gasteiger partial charge in [-0.3, -0.25) is 14.9 Å². The highest BCUT2D eigenvalue weighted by Crippen LogP contribution is 2.20. The van der Waals surface area contributed by atoms with E-state index in [1.807, 2.05) is 5.32 Å². The molecule has 9 nitrogen and oxygen atoms in total. The molecule has 2 rings (SSSR count). The molecule has 0 aromatic rings. The van der Waals surface area contributed by atoms with Gasteiger partial charge in [-0.15, -0.1) is 0 Å². The number of rotatable bonds is 1. The summed E-state index contributed by atoms with van der Waals surface area (Å²) in [5.41, 5.74) is 0. The highest BCUT2D eigenvalue weighted by Gasteiger charge is 2.42. The van der Waals surface area contributed by atoms with E-state index < -0.39 is 36.0 Å². The molecule has 0 bridgehead atoms. The topological polar surface area (TPSA) is 127 Å². The van der Waals surface area contributed by atoms with Crippen molar-refractivity contribution in [2.75, 3.05) is 19.6 Å². The van der Waals surface area contributed by atoms with Crippen molar-refractivity contribution in [2.24, 2.45) is 0 Å². The van der Waals surface area contributed by atoms with Crippen molar-refractivity contribution in [3.8, 4) is 0 Å². The predicted octanol–water partition coefficient (Wildman–Crippen LogP) is -2.42. The average Bonchev–Trinajstić information content (AvgIpc) is 2.69. The Morgan fingerprint density at radius 1 is 1.21 bits per heavy atom. The minimum absolute atomic E-state index is 0.0605. The average molecular weight is 271 g/mol. The molecule has 0 aromatic heterocycles. The number of amides is 4. The van der Waals surface area contributed by atoms with E-state index in [1.54, 1.807) is 0 Å². The first-order valence-corrected chi connectivity index (χ1v) is 5.67. The van der Waals surface area contributed by atoms with Gasteiger partial charge >= 0.3 is 12.0 Å². The van der Waals surface area contributed by atoms with E-state index in [0.717, 1.165) is 9.80 Å². The largest absolute Gasteiger partial charge is 0.480 e. The van der Waals surface area contributed by atoms with Gasteiger partial charge in [0.2, 0.25) is 11.8 Å². The van der Waals surface area contributed by atoms with E-state index in [-0.39, 0.29) is 26.1 Å². The van der Waals surface area contributed by atoms with E-state index >= 15 is 0 Å². The molecule has 0 aliphatic carbocycles. The van der Waals surface area contributed by atoms with Gasteiger partial charge in [0.15, 0.2) is 0 Å². The number of carbonyl (C=O) groups is 4. The number of carboxylic acid groups (broad SMARTS) is 1. The van der Waals surface area contributed by atoms with Crippen LogP contribution in [0.15, 0.2) is 0 Å². The summed E-state index contributed by atoms with van der Waals surface area (Å²) in [6, 6.07) is -1.87. The highest BCUT2D eigenvalue weighted by atomic mass is 16.4. The molecule has 2 fully saturated rings. The lowest BCUT2D eigenvalue weighted by molar-refractivity contribution is -0.141. The zero-order chi connectivity index (χ0) is 14.2. The lowest BCUT2D eigenvalue weighted by Crippen LogP contribution is -2.57. The molecule has 3 N–H and O–H groups in total. The molecule has 2 heterocycles. The standard InChI is InChI=1S/C10H13N3O6/c14-5-1-6(9(17)18)13(2-5)10(19)12-3-7(15)11-8(16)4-12/h5-6,14H,1-4H2,(H,17,18)(H,11,15,16). The molecule has 4 amide bonds. The van der Waals surface area contributed by atoms with Gasteiger partial charge in [0, 0.05) is 13.0 Å². The maximum absolute atomic E-state index is 12.1. The van der Waals surface area contributed by atoms with Gasteiger partial charge in [-0.25, -0.2) is 9.59 Å². The van der Waals surface area contributed by atoms with Crippen molar-refractivity contribution in [2.45, 2.75) is 18.6 Å². The van der Waals surface area contributed by atoms with Gasteiger partial charge in [-0.1, -0.05) is 0 Å². The second-order valence-electron chi connectivity index (χ2n) is 4.51. The first-order chi connectivity index (χ1) is 8.88. The molecule has 0 saturated carbocycles. The van der Waals surface area contributed by atoms with Crippen LogP contribution in [0.1, 0.15) is 6.42 Å². The van der Waals surface area contributed by atoms with Crippen LogP contribution in [0.4, 0.5) is 4.79 Å². The summed E-state index contributed by atoms with van der Waals surface area (Å²) in [6.07, 6.45) is -0.978. The summed E-state index contributed by atoms with van der Waals surface area (Å²) in [7, 11) is 0. The fraction of sp³-hybridized carbons (Fsp3) is 0.600. The number of carboxylic acids is 1. The van der Waals surface area contributed by atoms with E-state index in [9.17, 15) is 24.3 Å². The van der Waals surface area contributed by atoms with Crippen molar-refractivity contribution in [3.05, 3.63) is 0 Å². The second kappa shape index (κ2) is 4.84. The van der Waals surface area contributed by atoms with Gasteiger partial charge in [0.25, 0.3) is 0 Å². The summed E-state index contributed by atoms with van der Waals surface area (Å²) in [4.78, 5) is 47.4. The SMILES string of the molecule is O=C1CN(C(=O)N2CC(O)CC2C(=O)O)CC(=O)N1. The van der Waals surface area contributed by atoms with Crippen LogP contribution < -0.4 is 5.32 Å². The van der Waals surface area contributed by atoms with Gasteiger partial charge in [-0.05, 0) is 0 Å². The quantitative estimate of drug-likeness (QED) is 0.456. The molecule has 0 spiro atoms. The number of nitrogens with one attached hydrogen (secondary N) is 1. The van der Waals surface area contributed by atoms with Crippen molar-refractivity contribution < 1.29 is 29.4 Å². The third-order valence-corrected chi connectivity index (χ3v) is 3.03. The number of carbonyl (C=O) groups excluding carboxylic acids is 3. The molecule has 2 unspecified atom stereocenters. The third kappa shape index (κ3) is 2.65. The summed E-state index contributed by atoms with van der Waals surface area (Å²) in [5.74, 6) is -2.45. The predicted molar refractivity (Wildman–Crippen MR) is 58.9 cm³/mol.